The van der Waals surface area contributed by atoms with Crippen LogP contribution in [0.2, 0.25) is 0 Å². The van der Waals surface area contributed by atoms with E-state index < -0.39 is 5.97 Å². The maximum atomic E-state index is 12.0. The molecule has 26 heavy (non-hydrogen) atoms. The Kier molecular flexibility index (Phi) is 5.17. The molecule has 0 N–H and O–H groups in total. The molecule has 1 aliphatic rings. The molecule has 1 heterocycles. The van der Waals surface area contributed by atoms with Crippen LogP contribution in [0.4, 0.5) is 5.69 Å². The van der Waals surface area contributed by atoms with Crippen molar-refractivity contribution >= 4 is 29.7 Å². The molecule has 0 radical (unpaired) electrons. The number of rotatable bonds is 5. The smallest absolute Gasteiger partial charge is 0.363 e. The van der Waals surface area contributed by atoms with Crippen molar-refractivity contribution in [3.63, 3.8) is 0 Å². The highest BCUT2D eigenvalue weighted by Crippen LogP contribution is 2.19. The Labute approximate surface area is 152 Å². The first-order chi connectivity index (χ1) is 12.5. The third kappa shape index (κ3) is 4.19. The maximum absolute atomic E-state index is 12.0. The van der Waals surface area contributed by atoms with Gasteiger partial charge in [-0.05, 0) is 47.5 Å². The molecule has 1 aliphatic heterocycles. The lowest BCUT2D eigenvalue weighted by molar-refractivity contribution is -0.129. The van der Waals surface area contributed by atoms with Gasteiger partial charge in [-0.1, -0.05) is 24.3 Å². The molecule has 0 fully saturated rings. The second kappa shape index (κ2) is 7.70. The highest BCUT2D eigenvalue weighted by atomic mass is 16.6. The van der Waals surface area contributed by atoms with E-state index in [1.807, 2.05) is 73.6 Å². The molecular weight excluding hydrogens is 328 g/mol. The van der Waals surface area contributed by atoms with E-state index in [4.69, 9.17) is 9.47 Å². The molecule has 0 amide bonds. The molecule has 0 spiro atoms. The fourth-order valence-electron chi connectivity index (χ4n) is 2.41. The van der Waals surface area contributed by atoms with E-state index in [2.05, 4.69) is 4.99 Å². The number of anilines is 1. The Balaban J connectivity index is 1.74. The summed E-state index contributed by atoms with van der Waals surface area (Å²) in [5, 5.41) is 0. The van der Waals surface area contributed by atoms with Crippen LogP contribution in [0.25, 0.3) is 12.2 Å². The van der Waals surface area contributed by atoms with Crippen molar-refractivity contribution in [3.8, 4) is 5.75 Å². The number of esters is 1. The summed E-state index contributed by atoms with van der Waals surface area (Å²) < 4.78 is 10.3. The van der Waals surface area contributed by atoms with Crippen LogP contribution in [0.3, 0.4) is 0 Å². The first-order valence-electron chi connectivity index (χ1n) is 8.17. The van der Waals surface area contributed by atoms with Crippen molar-refractivity contribution in [2.24, 2.45) is 4.99 Å². The van der Waals surface area contributed by atoms with Crippen LogP contribution in [-0.2, 0) is 9.53 Å². The summed E-state index contributed by atoms with van der Waals surface area (Å²) >= 11 is 0. The summed E-state index contributed by atoms with van der Waals surface area (Å²) in [7, 11) is 5.58. The van der Waals surface area contributed by atoms with Gasteiger partial charge in [0.05, 0.1) is 7.11 Å². The second-order valence-electron chi connectivity index (χ2n) is 5.96. The highest BCUT2D eigenvalue weighted by Gasteiger charge is 2.21. The number of carbonyl (C=O) groups is 1. The minimum absolute atomic E-state index is 0.280. The van der Waals surface area contributed by atoms with Gasteiger partial charge in [-0.2, -0.15) is 0 Å². The molecule has 5 nitrogen and oxygen atoms in total. The largest absolute Gasteiger partial charge is 0.497 e. The number of methoxy groups -OCH3 is 1. The van der Waals surface area contributed by atoms with Crippen molar-refractivity contribution in [2.75, 3.05) is 26.1 Å². The van der Waals surface area contributed by atoms with Gasteiger partial charge in [0.25, 0.3) is 0 Å². The minimum atomic E-state index is -0.448. The highest BCUT2D eigenvalue weighted by molar-refractivity contribution is 6.11. The molecule has 0 bridgehead atoms. The van der Waals surface area contributed by atoms with Crippen LogP contribution >= 0.6 is 0 Å². The lowest BCUT2D eigenvalue weighted by Crippen LogP contribution is -2.07. The topological polar surface area (TPSA) is 51.1 Å². The fraction of sp³-hybridized carbons (Fsp3) is 0.143. The number of ether oxygens (including phenoxy) is 2. The summed E-state index contributed by atoms with van der Waals surface area (Å²) in [4.78, 5) is 18.3. The van der Waals surface area contributed by atoms with Crippen LogP contribution in [0, 0.1) is 0 Å². The Bertz CT molecular complexity index is 876. The molecule has 132 valence electrons. The molecule has 0 atom stereocenters. The third-order valence-corrected chi connectivity index (χ3v) is 3.88. The van der Waals surface area contributed by atoms with Gasteiger partial charge in [0, 0.05) is 25.9 Å². The van der Waals surface area contributed by atoms with Gasteiger partial charge in [0.15, 0.2) is 5.70 Å². The van der Waals surface area contributed by atoms with E-state index in [0.29, 0.717) is 0 Å². The van der Waals surface area contributed by atoms with E-state index in [9.17, 15) is 4.79 Å². The Morgan fingerprint density at radius 3 is 2.23 bits per heavy atom. The normalized spacial score (nSPS) is 15.3. The van der Waals surface area contributed by atoms with Gasteiger partial charge >= 0.3 is 5.97 Å². The van der Waals surface area contributed by atoms with Gasteiger partial charge in [-0.3, -0.25) is 0 Å². The molecule has 0 aliphatic carbocycles. The molecule has 0 unspecified atom stereocenters. The first kappa shape index (κ1) is 17.5. The first-order valence-corrected chi connectivity index (χ1v) is 8.17. The molecular formula is C21H20N2O3. The quantitative estimate of drug-likeness (QED) is 0.610. The van der Waals surface area contributed by atoms with Crippen LogP contribution < -0.4 is 9.64 Å². The molecule has 5 heteroatoms. The molecule has 2 aromatic carbocycles. The van der Waals surface area contributed by atoms with Crippen LogP contribution in [0.15, 0.2) is 65.3 Å². The molecule has 0 saturated heterocycles. The van der Waals surface area contributed by atoms with Crippen molar-refractivity contribution in [3.05, 3.63) is 71.4 Å². The van der Waals surface area contributed by atoms with Crippen molar-refractivity contribution in [2.45, 2.75) is 0 Å². The Morgan fingerprint density at radius 2 is 1.62 bits per heavy atom. The van der Waals surface area contributed by atoms with E-state index in [1.165, 1.54) is 0 Å². The number of aliphatic imine (C=N–C) groups is 1. The minimum Gasteiger partial charge on any atom is -0.497 e. The van der Waals surface area contributed by atoms with Gasteiger partial charge in [0.1, 0.15) is 5.75 Å². The van der Waals surface area contributed by atoms with E-state index in [1.54, 1.807) is 19.3 Å². The summed E-state index contributed by atoms with van der Waals surface area (Å²) in [5.41, 5.74) is 3.23. The summed E-state index contributed by atoms with van der Waals surface area (Å²) in [6.45, 7) is 0. The number of benzene rings is 2. The predicted octanol–water partition coefficient (Wildman–Crippen LogP) is 3.77. The van der Waals surface area contributed by atoms with Gasteiger partial charge < -0.3 is 14.4 Å². The van der Waals surface area contributed by atoms with Crippen LogP contribution in [0.5, 0.6) is 5.75 Å². The van der Waals surface area contributed by atoms with Gasteiger partial charge in [-0.15, -0.1) is 0 Å². The van der Waals surface area contributed by atoms with Crippen LogP contribution in [-0.4, -0.2) is 33.1 Å². The number of carbonyl (C=O) groups excluding carboxylic acids is 1. The SMILES string of the molecule is COc1ccc(/C=C/C2=NC(=Cc3ccc(N(C)C)cc3)C(=O)O2)cc1. The third-order valence-electron chi connectivity index (χ3n) is 3.88. The summed E-state index contributed by atoms with van der Waals surface area (Å²) in [6, 6.07) is 15.4. The monoisotopic (exact) mass is 348 g/mol. The summed E-state index contributed by atoms with van der Waals surface area (Å²) in [6.07, 6.45) is 5.23. The zero-order valence-electron chi connectivity index (χ0n) is 15.0. The molecule has 3 rings (SSSR count). The Morgan fingerprint density at radius 1 is 0.962 bits per heavy atom. The fourth-order valence-corrected chi connectivity index (χ4v) is 2.41. The zero-order valence-corrected chi connectivity index (χ0v) is 15.0. The number of hydrogen-bond donors (Lipinski definition) is 0. The average Bonchev–Trinajstić information content (AvgIpc) is 3.00. The van der Waals surface area contributed by atoms with Gasteiger partial charge in [0.2, 0.25) is 5.90 Å². The predicted molar refractivity (Wildman–Crippen MR) is 104 cm³/mol. The lowest BCUT2D eigenvalue weighted by Gasteiger charge is -2.11. The maximum Gasteiger partial charge on any atom is 0.363 e. The zero-order chi connectivity index (χ0) is 18.5. The number of nitrogens with zero attached hydrogens (tertiary/aromatic N) is 2. The molecule has 0 aromatic heterocycles. The van der Waals surface area contributed by atoms with Crippen LogP contribution in [0.1, 0.15) is 11.1 Å². The standard InChI is InChI=1S/C21H20N2O3/c1-23(2)17-9-4-16(5-10-17)14-19-21(24)26-20(22-19)13-8-15-6-11-18(25-3)12-7-15/h4-14H,1-3H3/b13-8+,19-14?. The van der Waals surface area contributed by atoms with Crippen molar-refractivity contribution < 1.29 is 14.3 Å². The van der Waals surface area contributed by atoms with E-state index >= 15 is 0 Å². The number of cyclic esters (lactones) is 1. The number of hydrogen-bond acceptors (Lipinski definition) is 5. The summed E-state index contributed by atoms with van der Waals surface area (Å²) in [5.74, 6) is 0.621. The average molecular weight is 348 g/mol. The van der Waals surface area contributed by atoms with Crippen molar-refractivity contribution in [1.82, 2.24) is 0 Å². The van der Waals surface area contributed by atoms with Crippen molar-refractivity contribution in [1.29, 1.82) is 0 Å². The van der Waals surface area contributed by atoms with Gasteiger partial charge in [-0.25, -0.2) is 9.79 Å². The molecule has 0 saturated carbocycles. The van der Waals surface area contributed by atoms with E-state index in [0.717, 1.165) is 22.6 Å². The Hall–Kier alpha value is -3.34. The lowest BCUT2D eigenvalue weighted by atomic mass is 10.1. The van der Waals surface area contributed by atoms with E-state index in [-0.39, 0.29) is 11.6 Å². The molecule has 2 aromatic rings. The second-order valence-corrected chi connectivity index (χ2v) is 5.96.